The standard InChI is InChI=1S/C24H26O5S/c1-4-16(3)13-27-14-18(29-23(25)5-2)15-28-17-10-11-22-20(12-17)24(26)19-8-6-7-9-21(19)30-22/h5-12,16,18H,2,4,13-15H2,1,3H3. The van der Waals surface area contributed by atoms with E-state index >= 15 is 0 Å². The zero-order valence-corrected chi connectivity index (χ0v) is 18.1. The van der Waals surface area contributed by atoms with Crippen LogP contribution in [-0.4, -0.2) is 31.9 Å². The summed E-state index contributed by atoms with van der Waals surface area (Å²) in [6.07, 6.45) is 1.56. The van der Waals surface area contributed by atoms with Crippen LogP contribution in [0, 0.1) is 5.92 Å². The molecule has 0 radical (unpaired) electrons. The van der Waals surface area contributed by atoms with E-state index < -0.39 is 12.1 Å². The van der Waals surface area contributed by atoms with Gasteiger partial charge in [0.15, 0.2) is 11.5 Å². The maximum absolute atomic E-state index is 12.8. The zero-order valence-electron chi connectivity index (χ0n) is 17.3. The van der Waals surface area contributed by atoms with E-state index in [1.165, 1.54) is 0 Å². The molecule has 6 heteroatoms. The average molecular weight is 427 g/mol. The molecule has 0 N–H and O–H groups in total. The first-order valence-electron chi connectivity index (χ1n) is 10.0. The van der Waals surface area contributed by atoms with Gasteiger partial charge in [0.1, 0.15) is 12.4 Å². The third-order valence-corrected chi connectivity index (χ3v) is 5.99. The van der Waals surface area contributed by atoms with Gasteiger partial charge in [0.25, 0.3) is 0 Å². The van der Waals surface area contributed by atoms with Crippen LogP contribution in [-0.2, 0) is 14.3 Å². The molecule has 1 heterocycles. The highest BCUT2D eigenvalue weighted by atomic mass is 32.1. The van der Waals surface area contributed by atoms with Crippen molar-refractivity contribution in [3.05, 3.63) is 65.3 Å². The lowest BCUT2D eigenvalue weighted by molar-refractivity contribution is -0.148. The van der Waals surface area contributed by atoms with E-state index in [-0.39, 0.29) is 18.6 Å². The number of fused-ring (bicyclic) bond motifs is 2. The number of hydrogen-bond donors (Lipinski definition) is 0. The molecule has 158 valence electrons. The Morgan fingerprint density at radius 2 is 1.87 bits per heavy atom. The number of esters is 1. The lowest BCUT2D eigenvalue weighted by Crippen LogP contribution is -2.30. The summed E-state index contributed by atoms with van der Waals surface area (Å²) in [6.45, 7) is 8.57. The zero-order chi connectivity index (χ0) is 21.5. The minimum atomic E-state index is -0.568. The van der Waals surface area contributed by atoms with Crippen LogP contribution in [0.25, 0.3) is 20.2 Å². The van der Waals surface area contributed by atoms with Crippen molar-refractivity contribution >= 4 is 37.5 Å². The number of rotatable bonds is 10. The first kappa shape index (κ1) is 22.0. The quantitative estimate of drug-likeness (QED) is 0.261. The SMILES string of the molecule is C=CC(=O)OC(COCC(C)CC)COc1ccc2sc3ccccc3c(=O)c2c1. The summed E-state index contributed by atoms with van der Waals surface area (Å²) in [4.78, 5) is 24.5. The summed E-state index contributed by atoms with van der Waals surface area (Å²) < 4.78 is 18.7. The molecule has 0 bridgehead atoms. The van der Waals surface area contributed by atoms with Crippen LogP contribution >= 0.6 is 11.3 Å². The Bertz CT molecular complexity index is 1090. The van der Waals surface area contributed by atoms with E-state index in [9.17, 15) is 9.59 Å². The van der Waals surface area contributed by atoms with Gasteiger partial charge in [-0.25, -0.2) is 4.79 Å². The summed E-state index contributed by atoms with van der Waals surface area (Å²) in [5.41, 5.74) is -0.0173. The Balaban J connectivity index is 1.74. The van der Waals surface area contributed by atoms with Gasteiger partial charge in [-0.1, -0.05) is 39.0 Å². The van der Waals surface area contributed by atoms with Gasteiger partial charge in [-0.05, 0) is 36.2 Å². The van der Waals surface area contributed by atoms with Crippen molar-refractivity contribution in [1.82, 2.24) is 0 Å². The Kier molecular flexibility index (Phi) is 7.60. The van der Waals surface area contributed by atoms with Gasteiger partial charge in [-0.3, -0.25) is 4.79 Å². The van der Waals surface area contributed by atoms with Crippen LogP contribution < -0.4 is 10.2 Å². The van der Waals surface area contributed by atoms with Crippen LogP contribution in [0.2, 0.25) is 0 Å². The second kappa shape index (κ2) is 10.4. The Hall–Kier alpha value is -2.70. The van der Waals surface area contributed by atoms with E-state index in [2.05, 4.69) is 20.4 Å². The van der Waals surface area contributed by atoms with E-state index in [0.717, 1.165) is 21.9 Å². The molecule has 0 aliphatic rings. The van der Waals surface area contributed by atoms with Crippen LogP contribution in [0.4, 0.5) is 0 Å². The third-order valence-electron chi connectivity index (χ3n) is 4.84. The van der Waals surface area contributed by atoms with Crippen LogP contribution in [0.1, 0.15) is 20.3 Å². The molecule has 5 nitrogen and oxygen atoms in total. The molecule has 2 unspecified atom stereocenters. The minimum absolute atomic E-state index is 0.0173. The van der Waals surface area contributed by atoms with Crippen molar-refractivity contribution in [3.8, 4) is 5.75 Å². The summed E-state index contributed by atoms with van der Waals surface area (Å²) in [7, 11) is 0. The molecule has 0 spiro atoms. The highest BCUT2D eigenvalue weighted by Crippen LogP contribution is 2.27. The van der Waals surface area contributed by atoms with Gasteiger partial charge in [0.2, 0.25) is 0 Å². The number of benzene rings is 2. The van der Waals surface area contributed by atoms with Crippen LogP contribution in [0.3, 0.4) is 0 Å². The fraction of sp³-hybridized carbons (Fsp3) is 0.333. The third kappa shape index (κ3) is 5.46. The number of carbonyl (C=O) groups excluding carboxylic acids is 1. The molecule has 30 heavy (non-hydrogen) atoms. The lowest BCUT2D eigenvalue weighted by atomic mass is 10.1. The molecule has 3 rings (SSSR count). The number of hydrogen-bond acceptors (Lipinski definition) is 6. The fourth-order valence-electron chi connectivity index (χ4n) is 2.91. The molecule has 0 amide bonds. The first-order chi connectivity index (χ1) is 14.5. The topological polar surface area (TPSA) is 61.8 Å². The number of ether oxygens (including phenoxy) is 3. The predicted octanol–water partition coefficient (Wildman–Crippen LogP) is 4.95. The number of carbonyl (C=O) groups is 1. The van der Waals surface area contributed by atoms with Gasteiger partial charge in [0, 0.05) is 32.9 Å². The van der Waals surface area contributed by atoms with E-state index in [4.69, 9.17) is 14.2 Å². The molecular weight excluding hydrogens is 400 g/mol. The van der Waals surface area contributed by atoms with Crippen molar-refractivity contribution in [3.63, 3.8) is 0 Å². The summed E-state index contributed by atoms with van der Waals surface area (Å²) in [5, 5.41) is 1.31. The predicted molar refractivity (Wildman–Crippen MR) is 121 cm³/mol. The fourth-order valence-corrected chi connectivity index (χ4v) is 3.96. The van der Waals surface area contributed by atoms with Gasteiger partial charge in [-0.2, -0.15) is 0 Å². The summed E-state index contributed by atoms with van der Waals surface area (Å²) in [5.74, 6) is 0.446. The molecular formula is C24H26O5S. The summed E-state index contributed by atoms with van der Waals surface area (Å²) >= 11 is 1.57. The first-order valence-corrected chi connectivity index (χ1v) is 10.8. The Labute approximate surface area is 179 Å². The summed E-state index contributed by atoms with van der Waals surface area (Å²) in [6, 6.07) is 13.0. The van der Waals surface area contributed by atoms with Crippen molar-refractivity contribution in [2.45, 2.75) is 26.4 Å². The maximum Gasteiger partial charge on any atom is 0.330 e. The van der Waals surface area contributed by atoms with Gasteiger partial charge >= 0.3 is 5.97 Å². The molecule has 0 fully saturated rings. The van der Waals surface area contributed by atoms with Crippen LogP contribution in [0.5, 0.6) is 5.75 Å². The highest BCUT2D eigenvalue weighted by molar-refractivity contribution is 7.24. The lowest BCUT2D eigenvalue weighted by Gasteiger charge is -2.19. The van der Waals surface area contributed by atoms with Gasteiger partial charge in [0.05, 0.1) is 6.61 Å². The molecule has 2 aromatic carbocycles. The van der Waals surface area contributed by atoms with Crippen molar-refractivity contribution < 1.29 is 19.0 Å². The normalized spacial score (nSPS) is 13.1. The second-order valence-electron chi connectivity index (χ2n) is 7.21. The van der Waals surface area contributed by atoms with E-state index in [0.29, 0.717) is 29.0 Å². The van der Waals surface area contributed by atoms with Gasteiger partial charge in [-0.15, -0.1) is 11.3 Å². The molecule has 2 atom stereocenters. The highest BCUT2D eigenvalue weighted by Gasteiger charge is 2.16. The van der Waals surface area contributed by atoms with E-state index in [1.807, 2.05) is 36.4 Å². The largest absolute Gasteiger partial charge is 0.490 e. The monoisotopic (exact) mass is 426 g/mol. The van der Waals surface area contributed by atoms with Crippen LogP contribution in [0.15, 0.2) is 59.9 Å². The molecule has 0 aliphatic heterocycles. The molecule has 0 saturated carbocycles. The van der Waals surface area contributed by atoms with Crippen molar-refractivity contribution in [1.29, 1.82) is 0 Å². The van der Waals surface area contributed by atoms with E-state index in [1.54, 1.807) is 17.4 Å². The Morgan fingerprint density at radius 3 is 2.63 bits per heavy atom. The van der Waals surface area contributed by atoms with Crippen molar-refractivity contribution in [2.24, 2.45) is 5.92 Å². The minimum Gasteiger partial charge on any atom is -0.490 e. The molecule has 1 aromatic heterocycles. The molecule has 0 saturated heterocycles. The average Bonchev–Trinajstić information content (AvgIpc) is 2.77. The maximum atomic E-state index is 12.8. The molecule has 0 aliphatic carbocycles. The smallest absolute Gasteiger partial charge is 0.330 e. The Morgan fingerprint density at radius 1 is 1.10 bits per heavy atom. The van der Waals surface area contributed by atoms with Gasteiger partial charge < -0.3 is 14.2 Å². The second-order valence-corrected chi connectivity index (χ2v) is 8.29. The van der Waals surface area contributed by atoms with Crippen molar-refractivity contribution in [2.75, 3.05) is 19.8 Å². The molecule has 3 aromatic rings.